The molecule has 2 unspecified atom stereocenters. The summed E-state index contributed by atoms with van der Waals surface area (Å²) in [6.45, 7) is 14.7. The third-order valence-corrected chi connectivity index (χ3v) is 12.3. The lowest BCUT2D eigenvalue weighted by Crippen LogP contribution is -2.59. The summed E-state index contributed by atoms with van der Waals surface area (Å²) in [4.78, 5) is 49.9. The summed E-state index contributed by atoms with van der Waals surface area (Å²) >= 11 is 1.70. The molecule has 1 aromatic carbocycles. The zero-order valence-corrected chi connectivity index (χ0v) is 26.9. The van der Waals surface area contributed by atoms with E-state index in [2.05, 4.69) is 33.9 Å². The number of nitrogens with zero attached hydrogens (tertiary/aromatic N) is 3. The van der Waals surface area contributed by atoms with Crippen molar-refractivity contribution in [3.05, 3.63) is 55.6 Å². The van der Waals surface area contributed by atoms with E-state index in [-0.39, 0.29) is 36.3 Å². The SMILES string of the molecule is C=CCN(C(=O)[C@@H]1[C@H]2C(=O)N([C@@H](CO)CC(C)C)C(C(=O)N(CC=C)C3CCCCC3)C23CC[C@@]1(C)S3)c1ccccc1. The third kappa shape index (κ3) is 5.47. The third-order valence-electron chi connectivity index (χ3n) is 10.3. The summed E-state index contributed by atoms with van der Waals surface area (Å²) in [7, 11) is 0. The topological polar surface area (TPSA) is 81.2 Å². The lowest BCUT2D eigenvalue weighted by Gasteiger charge is -2.43. The van der Waals surface area contributed by atoms with Crippen molar-refractivity contribution < 1.29 is 19.5 Å². The highest BCUT2D eigenvalue weighted by molar-refractivity contribution is 8.02. The van der Waals surface area contributed by atoms with E-state index in [1.807, 2.05) is 35.2 Å². The van der Waals surface area contributed by atoms with E-state index >= 15 is 0 Å². The van der Waals surface area contributed by atoms with Gasteiger partial charge < -0.3 is 19.8 Å². The molecule has 1 aliphatic carbocycles. The van der Waals surface area contributed by atoms with Crippen LogP contribution >= 0.6 is 11.8 Å². The van der Waals surface area contributed by atoms with Crippen molar-refractivity contribution >= 4 is 35.2 Å². The van der Waals surface area contributed by atoms with Gasteiger partial charge in [-0.25, -0.2) is 0 Å². The number of aliphatic hydroxyl groups is 1. The first-order chi connectivity index (χ1) is 20.6. The van der Waals surface area contributed by atoms with Crippen LogP contribution in [0.15, 0.2) is 55.6 Å². The summed E-state index contributed by atoms with van der Waals surface area (Å²) < 4.78 is -1.20. The molecular weight excluding hydrogens is 558 g/mol. The molecule has 4 fully saturated rings. The van der Waals surface area contributed by atoms with Gasteiger partial charge in [0.15, 0.2) is 0 Å². The molecule has 3 aliphatic heterocycles. The molecule has 0 radical (unpaired) electrons. The number of anilines is 1. The van der Waals surface area contributed by atoms with Crippen molar-refractivity contribution in [1.82, 2.24) is 9.80 Å². The van der Waals surface area contributed by atoms with Crippen LogP contribution in [0, 0.1) is 17.8 Å². The highest BCUT2D eigenvalue weighted by Crippen LogP contribution is 2.72. The molecule has 5 rings (SSSR count). The number of carbonyl (C=O) groups excluding carboxylic acids is 3. The van der Waals surface area contributed by atoms with Crippen molar-refractivity contribution in [2.24, 2.45) is 17.8 Å². The minimum atomic E-state index is -0.725. The van der Waals surface area contributed by atoms with E-state index in [0.29, 0.717) is 25.9 Å². The summed E-state index contributed by atoms with van der Waals surface area (Å²) in [5.41, 5.74) is 0.773. The molecule has 43 heavy (non-hydrogen) atoms. The Labute approximate surface area is 261 Å². The molecule has 3 heterocycles. The summed E-state index contributed by atoms with van der Waals surface area (Å²) in [5.74, 6) is -1.27. The van der Waals surface area contributed by atoms with Crippen LogP contribution in [0.4, 0.5) is 5.69 Å². The molecule has 2 bridgehead atoms. The molecular formula is C35H49N3O4S. The van der Waals surface area contributed by atoms with Gasteiger partial charge in [-0.05, 0) is 57.1 Å². The van der Waals surface area contributed by atoms with Crippen LogP contribution in [0.1, 0.15) is 72.1 Å². The number of amides is 3. The molecule has 1 N–H and O–H groups in total. The van der Waals surface area contributed by atoms with Crippen LogP contribution in [-0.2, 0) is 14.4 Å². The van der Waals surface area contributed by atoms with E-state index < -0.39 is 33.4 Å². The first-order valence-electron chi connectivity index (χ1n) is 16.2. The molecule has 234 valence electrons. The Kier molecular flexibility index (Phi) is 9.48. The van der Waals surface area contributed by atoms with Gasteiger partial charge in [0, 0.05) is 29.6 Å². The van der Waals surface area contributed by atoms with Crippen LogP contribution in [-0.4, -0.2) is 79.9 Å². The van der Waals surface area contributed by atoms with Gasteiger partial charge in [0.2, 0.25) is 17.7 Å². The Balaban J connectivity index is 1.60. The fourth-order valence-corrected chi connectivity index (χ4v) is 10.9. The zero-order chi connectivity index (χ0) is 30.9. The van der Waals surface area contributed by atoms with Crippen LogP contribution in [0.25, 0.3) is 0 Å². The van der Waals surface area contributed by atoms with Crippen LogP contribution in [0.5, 0.6) is 0 Å². The van der Waals surface area contributed by atoms with Crippen LogP contribution in [0.3, 0.4) is 0 Å². The molecule has 1 aromatic rings. The highest BCUT2D eigenvalue weighted by atomic mass is 32.2. The van der Waals surface area contributed by atoms with Crippen LogP contribution < -0.4 is 4.90 Å². The first-order valence-corrected chi connectivity index (χ1v) is 17.0. The van der Waals surface area contributed by atoms with Crippen LogP contribution in [0.2, 0.25) is 0 Å². The monoisotopic (exact) mass is 607 g/mol. The molecule has 0 aromatic heterocycles. The van der Waals surface area contributed by atoms with E-state index in [1.54, 1.807) is 33.7 Å². The first kappa shape index (κ1) is 31.8. The van der Waals surface area contributed by atoms with E-state index in [0.717, 1.165) is 37.8 Å². The van der Waals surface area contributed by atoms with Crippen molar-refractivity contribution in [1.29, 1.82) is 0 Å². The average molecular weight is 608 g/mol. The van der Waals surface area contributed by atoms with E-state index in [4.69, 9.17) is 0 Å². The Bertz CT molecular complexity index is 1220. The Morgan fingerprint density at radius 3 is 2.35 bits per heavy atom. The van der Waals surface area contributed by atoms with E-state index in [9.17, 15) is 19.5 Å². The minimum Gasteiger partial charge on any atom is -0.394 e. The molecule has 3 amide bonds. The van der Waals surface area contributed by atoms with Gasteiger partial charge in [0.1, 0.15) is 6.04 Å². The van der Waals surface area contributed by atoms with Gasteiger partial charge in [-0.2, -0.15) is 0 Å². The maximum absolute atomic E-state index is 14.9. The molecule has 1 spiro atoms. The van der Waals surface area contributed by atoms with Gasteiger partial charge in [-0.15, -0.1) is 24.9 Å². The number of rotatable bonds is 12. The van der Waals surface area contributed by atoms with Gasteiger partial charge in [0.25, 0.3) is 0 Å². The molecule has 4 aliphatic rings. The number of para-hydroxylation sites is 1. The number of aliphatic hydroxyl groups excluding tert-OH is 1. The predicted octanol–water partition coefficient (Wildman–Crippen LogP) is 5.44. The van der Waals surface area contributed by atoms with Gasteiger partial charge in [-0.1, -0.05) is 63.5 Å². The normalized spacial score (nSPS) is 30.8. The number of benzene rings is 1. The molecule has 1 saturated carbocycles. The maximum atomic E-state index is 14.9. The average Bonchev–Trinajstić information content (AvgIpc) is 3.58. The highest BCUT2D eigenvalue weighted by Gasteiger charge is 2.78. The molecule has 8 heteroatoms. The fourth-order valence-electron chi connectivity index (χ4n) is 8.57. The minimum absolute atomic E-state index is 0.0410. The number of likely N-dealkylation sites (tertiary alicyclic amines) is 1. The maximum Gasteiger partial charge on any atom is 0.247 e. The van der Waals surface area contributed by atoms with Crippen molar-refractivity contribution in [2.45, 2.75) is 99.8 Å². The Morgan fingerprint density at radius 1 is 1.07 bits per heavy atom. The standard InChI is InChI=1S/C35H49N3O4S/c1-6-20-36(25-14-10-8-11-15-25)31(40)28-29-32(41)38(27(23-39)22-24(3)4)30(35(29)19-18-34(28,5)43-35)33(42)37(21-7-2)26-16-12-9-13-17-26/h6-8,10-11,14-15,24,26-30,39H,1-2,9,12-13,16-23H2,3-5H3/t27-,28+,29+,30?,34-,35?/m1/s1. The smallest absolute Gasteiger partial charge is 0.247 e. The van der Waals surface area contributed by atoms with Gasteiger partial charge in [0.05, 0.1) is 29.2 Å². The number of hydrogen-bond acceptors (Lipinski definition) is 5. The number of thioether (sulfide) groups is 1. The second kappa shape index (κ2) is 12.8. The second-order valence-electron chi connectivity index (χ2n) is 13.6. The summed E-state index contributed by atoms with van der Waals surface area (Å²) in [6, 6.07) is 8.47. The molecule has 6 atom stereocenters. The van der Waals surface area contributed by atoms with Crippen molar-refractivity contribution in [2.75, 3.05) is 24.6 Å². The molecule has 3 saturated heterocycles. The number of hydrogen-bond donors (Lipinski definition) is 1. The van der Waals surface area contributed by atoms with Crippen molar-refractivity contribution in [3.63, 3.8) is 0 Å². The lowest BCUT2D eigenvalue weighted by molar-refractivity contribution is -0.147. The van der Waals surface area contributed by atoms with Crippen molar-refractivity contribution in [3.8, 4) is 0 Å². The molecule has 7 nitrogen and oxygen atoms in total. The number of carbonyl (C=O) groups is 3. The number of fused-ring (bicyclic) bond motifs is 1. The second-order valence-corrected chi connectivity index (χ2v) is 15.5. The Morgan fingerprint density at radius 2 is 1.74 bits per heavy atom. The fraction of sp³-hybridized carbons (Fsp3) is 0.629. The quantitative estimate of drug-likeness (QED) is 0.320. The largest absolute Gasteiger partial charge is 0.394 e. The lowest BCUT2D eigenvalue weighted by atomic mass is 9.66. The van der Waals surface area contributed by atoms with Gasteiger partial charge >= 0.3 is 0 Å². The predicted molar refractivity (Wildman–Crippen MR) is 174 cm³/mol. The van der Waals surface area contributed by atoms with E-state index in [1.165, 1.54) is 6.42 Å². The Hall–Kier alpha value is -2.58. The van der Waals surface area contributed by atoms with Gasteiger partial charge in [-0.3, -0.25) is 14.4 Å². The summed E-state index contributed by atoms with van der Waals surface area (Å²) in [6.07, 6.45) is 10.8. The summed E-state index contributed by atoms with van der Waals surface area (Å²) in [5, 5.41) is 10.7. The zero-order valence-electron chi connectivity index (χ0n) is 26.1.